The second-order valence-corrected chi connectivity index (χ2v) is 16.8. The van der Waals surface area contributed by atoms with E-state index in [1.807, 2.05) is 0 Å². The van der Waals surface area contributed by atoms with Crippen LogP contribution in [0.25, 0.3) is 0 Å². The average molecular weight is 816 g/mol. The van der Waals surface area contributed by atoms with Crippen molar-refractivity contribution in [3.8, 4) is 0 Å². The van der Waals surface area contributed by atoms with Crippen LogP contribution in [-0.2, 0) is 14.3 Å². The minimum atomic E-state index is -1.66. The van der Waals surface area contributed by atoms with E-state index >= 15 is 0 Å². The molecule has 1 saturated heterocycles. The van der Waals surface area contributed by atoms with Gasteiger partial charge in [-0.2, -0.15) is 0 Å². The van der Waals surface area contributed by atoms with Gasteiger partial charge >= 0.3 is 0 Å². The van der Waals surface area contributed by atoms with Gasteiger partial charge in [0.15, 0.2) is 6.29 Å². The molecule has 1 aliphatic rings. The first-order valence-corrected chi connectivity index (χ1v) is 23.6. The van der Waals surface area contributed by atoms with Gasteiger partial charge in [0.25, 0.3) is 0 Å². The molecule has 1 aliphatic heterocycles. The van der Waals surface area contributed by atoms with Crippen molar-refractivity contribution in [2.75, 3.05) is 13.2 Å². The Morgan fingerprint density at radius 1 is 0.596 bits per heavy atom. The van der Waals surface area contributed by atoms with Crippen LogP contribution < -0.4 is 5.32 Å². The number of nitrogens with one attached hydrogen (secondary N) is 1. The number of rotatable bonds is 39. The van der Waals surface area contributed by atoms with Crippen LogP contribution in [-0.4, -0.2) is 110 Å². The Balaban J connectivity index is 2.36. The summed E-state index contributed by atoms with van der Waals surface area (Å²) in [5.74, 6) is -0.706. The van der Waals surface area contributed by atoms with Crippen molar-refractivity contribution < 1.29 is 50.0 Å². The third-order valence-electron chi connectivity index (χ3n) is 11.6. The zero-order valence-corrected chi connectivity index (χ0v) is 36.3. The van der Waals surface area contributed by atoms with Gasteiger partial charge in [0.2, 0.25) is 5.91 Å². The van der Waals surface area contributed by atoms with E-state index in [9.17, 15) is 40.5 Å². The number of aliphatic hydroxyl groups is 7. The van der Waals surface area contributed by atoms with Gasteiger partial charge in [0.05, 0.1) is 25.4 Å². The van der Waals surface area contributed by atoms with Gasteiger partial charge < -0.3 is 50.5 Å². The van der Waals surface area contributed by atoms with Crippen molar-refractivity contribution in [3.05, 3.63) is 12.2 Å². The smallest absolute Gasteiger partial charge is 0.249 e. The first-order chi connectivity index (χ1) is 27.7. The van der Waals surface area contributed by atoms with Gasteiger partial charge in [0.1, 0.15) is 36.6 Å². The molecule has 1 rings (SSSR count). The molecular weight excluding hydrogens is 727 g/mol. The molecule has 9 unspecified atom stereocenters. The molecule has 0 spiro atoms. The lowest BCUT2D eigenvalue weighted by atomic mass is 9.98. The molecule has 0 aromatic rings. The lowest BCUT2D eigenvalue weighted by Crippen LogP contribution is -2.60. The van der Waals surface area contributed by atoms with Gasteiger partial charge in [-0.05, 0) is 38.5 Å². The van der Waals surface area contributed by atoms with Crippen LogP contribution in [0.15, 0.2) is 12.2 Å². The van der Waals surface area contributed by atoms with Crippen molar-refractivity contribution >= 4 is 5.91 Å². The van der Waals surface area contributed by atoms with E-state index in [0.29, 0.717) is 12.8 Å². The second-order valence-electron chi connectivity index (χ2n) is 16.8. The molecule has 0 aliphatic carbocycles. The Morgan fingerprint density at radius 2 is 1.04 bits per heavy atom. The van der Waals surface area contributed by atoms with E-state index in [2.05, 4.69) is 31.3 Å². The fourth-order valence-corrected chi connectivity index (χ4v) is 7.62. The summed E-state index contributed by atoms with van der Waals surface area (Å²) < 4.78 is 11.0. The van der Waals surface area contributed by atoms with Crippen LogP contribution in [0.3, 0.4) is 0 Å². The number of carbonyl (C=O) groups is 1. The van der Waals surface area contributed by atoms with Gasteiger partial charge in [-0.25, -0.2) is 0 Å². The minimum Gasteiger partial charge on any atom is -0.394 e. The van der Waals surface area contributed by atoms with Crippen LogP contribution in [0.2, 0.25) is 0 Å². The average Bonchev–Trinajstić information content (AvgIpc) is 3.21. The van der Waals surface area contributed by atoms with Gasteiger partial charge in [-0.15, -0.1) is 0 Å². The van der Waals surface area contributed by atoms with Crippen molar-refractivity contribution in [1.29, 1.82) is 0 Å². The maximum absolute atomic E-state index is 13.1. The Bertz CT molecular complexity index is 939. The number of aliphatic hydroxyl groups excluding tert-OH is 7. The zero-order valence-electron chi connectivity index (χ0n) is 36.3. The monoisotopic (exact) mass is 816 g/mol. The molecule has 9 atom stereocenters. The summed E-state index contributed by atoms with van der Waals surface area (Å²) in [5, 5.41) is 75.4. The first kappa shape index (κ1) is 53.9. The zero-order chi connectivity index (χ0) is 41.9. The topological polar surface area (TPSA) is 189 Å². The van der Waals surface area contributed by atoms with Crippen LogP contribution in [0.1, 0.15) is 206 Å². The molecule has 1 heterocycles. The molecule has 11 nitrogen and oxygen atoms in total. The molecule has 0 bridgehead atoms. The van der Waals surface area contributed by atoms with E-state index in [1.165, 1.54) is 128 Å². The standard InChI is InChI=1S/C46H89NO10/c1-3-5-7-9-11-13-14-15-16-17-18-19-20-21-22-23-24-26-28-30-32-34-39(50)45(55)47-37(36-56-46-44(54)43(53)42(52)40(35-48)57-46)41(51)38(49)33-31-29-27-25-12-10-8-6-4-2/h25,27,37-44,46,48-54H,3-24,26,28-36H2,1-2H3,(H,47,55)/b27-25+. The highest BCUT2D eigenvalue weighted by Crippen LogP contribution is 2.23. The van der Waals surface area contributed by atoms with Gasteiger partial charge in [0, 0.05) is 0 Å². The highest BCUT2D eigenvalue weighted by Gasteiger charge is 2.44. The number of unbranched alkanes of at least 4 members (excludes halogenated alkanes) is 25. The number of hydrogen-bond acceptors (Lipinski definition) is 10. The van der Waals surface area contributed by atoms with E-state index in [0.717, 1.165) is 38.5 Å². The third-order valence-corrected chi connectivity index (χ3v) is 11.6. The van der Waals surface area contributed by atoms with E-state index in [-0.39, 0.29) is 12.8 Å². The molecule has 0 radical (unpaired) electrons. The summed E-state index contributed by atoms with van der Waals surface area (Å²) in [7, 11) is 0. The summed E-state index contributed by atoms with van der Waals surface area (Å²) in [5.41, 5.74) is 0. The maximum Gasteiger partial charge on any atom is 0.249 e. The molecule has 1 fully saturated rings. The van der Waals surface area contributed by atoms with Crippen LogP contribution in [0.4, 0.5) is 0 Å². The molecule has 0 aromatic heterocycles. The SMILES string of the molecule is CCCCCC/C=C/CCCC(O)C(O)C(COC1OC(CO)C(O)C(O)C1O)NC(=O)C(O)CCCCCCCCCCCCCCCCCCCCCCC. The largest absolute Gasteiger partial charge is 0.394 e. The van der Waals surface area contributed by atoms with Crippen LogP contribution in [0, 0.1) is 0 Å². The number of hydrogen-bond donors (Lipinski definition) is 8. The summed E-state index contributed by atoms with van der Waals surface area (Å²) >= 11 is 0. The Labute approximate surface area is 347 Å². The lowest BCUT2D eigenvalue weighted by Gasteiger charge is -2.40. The van der Waals surface area contributed by atoms with E-state index < -0.39 is 74.2 Å². The summed E-state index contributed by atoms with van der Waals surface area (Å²) in [6.07, 6.45) is 27.2. The number of carbonyl (C=O) groups excluding carboxylic acids is 1. The van der Waals surface area contributed by atoms with Crippen molar-refractivity contribution in [2.24, 2.45) is 0 Å². The number of amides is 1. The highest BCUT2D eigenvalue weighted by molar-refractivity contribution is 5.80. The van der Waals surface area contributed by atoms with Crippen LogP contribution in [0.5, 0.6) is 0 Å². The third kappa shape index (κ3) is 26.6. The first-order valence-electron chi connectivity index (χ1n) is 23.6. The lowest BCUT2D eigenvalue weighted by molar-refractivity contribution is -0.303. The Hall–Kier alpha value is -1.15. The molecule has 11 heteroatoms. The maximum atomic E-state index is 13.1. The fourth-order valence-electron chi connectivity index (χ4n) is 7.62. The van der Waals surface area contributed by atoms with E-state index in [1.54, 1.807) is 0 Å². The Kier molecular flexibility index (Phi) is 34.7. The van der Waals surface area contributed by atoms with Gasteiger partial charge in [-0.1, -0.05) is 180 Å². The van der Waals surface area contributed by atoms with Crippen molar-refractivity contribution in [2.45, 2.75) is 262 Å². The summed E-state index contributed by atoms with van der Waals surface area (Å²) in [4.78, 5) is 13.1. The summed E-state index contributed by atoms with van der Waals surface area (Å²) in [6, 6.07) is -1.18. The minimum absolute atomic E-state index is 0.259. The fraction of sp³-hybridized carbons (Fsp3) is 0.935. The molecule has 1 amide bonds. The normalized spacial score (nSPS) is 22.2. The number of ether oxygens (including phenoxy) is 2. The molecule has 8 N–H and O–H groups in total. The van der Waals surface area contributed by atoms with Crippen LogP contribution >= 0.6 is 0 Å². The van der Waals surface area contributed by atoms with Crippen molar-refractivity contribution in [1.82, 2.24) is 5.32 Å². The molecule has 57 heavy (non-hydrogen) atoms. The second kappa shape index (κ2) is 36.7. The van der Waals surface area contributed by atoms with Gasteiger partial charge in [-0.3, -0.25) is 4.79 Å². The highest BCUT2D eigenvalue weighted by atomic mass is 16.7. The predicted octanol–water partition coefficient (Wildman–Crippen LogP) is 7.67. The van der Waals surface area contributed by atoms with Crippen molar-refractivity contribution in [3.63, 3.8) is 0 Å². The molecule has 338 valence electrons. The number of allylic oxidation sites excluding steroid dienone is 2. The molecule has 0 saturated carbocycles. The molecule has 0 aromatic carbocycles. The molecular formula is C46H89NO10. The quantitative estimate of drug-likeness (QED) is 0.0226. The predicted molar refractivity (Wildman–Crippen MR) is 229 cm³/mol. The van der Waals surface area contributed by atoms with E-state index in [4.69, 9.17) is 9.47 Å². The Morgan fingerprint density at radius 3 is 1.51 bits per heavy atom. The summed E-state index contributed by atoms with van der Waals surface area (Å²) in [6.45, 7) is 3.38.